The minimum atomic E-state index is -8.70. The molecule has 35 heavy (non-hydrogen) atoms. The van der Waals surface area contributed by atoms with Crippen LogP contribution in [0.5, 0.6) is 0 Å². The maximum atomic E-state index is 13.8. The molecule has 0 aromatic carbocycles. The molecule has 0 radical (unpaired) electrons. The lowest BCUT2D eigenvalue weighted by Gasteiger charge is -2.42. The molecule has 0 aliphatic rings. The number of pyridine rings is 1. The number of nitrogens with zero attached hydrogens (tertiary/aromatic N) is 1. The molecule has 0 bridgehead atoms. The molecule has 0 spiro atoms. The number of alkyl halides is 18. The van der Waals surface area contributed by atoms with E-state index in [1.807, 2.05) is 0 Å². The number of halogens is 19. The van der Waals surface area contributed by atoms with Gasteiger partial charge < -0.3 is 24.0 Å². The summed E-state index contributed by atoms with van der Waals surface area (Å²) in [5.74, 6) is -57.3. The first-order valence-electron chi connectivity index (χ1n) is 8.05. The molecule has 0 saturated heterocycles. The van der Waals surface area contributed by atoms with E-state index in [-0.39, 0.29) is 28.5 Å². The smallest absolute Gasteiger partial charge is 0.460 e. The maximum absolute atomic E-state index is 13.8. The highest BCUT2D eigenvalue weighted by Gasteiger charge is 2.95. The summed E-state index contributed by atoms with van der Waals surface area (Å²) in [5, 5.41) is 0. The third kappa shape index (κ3) is 4.95. The van der Waals surface area contributed by atoms with Crippen LogP contribution in [0.2, 0.25) is 0 Å². The van der Waals surface area contributed by atoms with E-state index < -0.39 is 60.4 Å². The number of hydrogen-bond acceptors (Lipinski definition) is 0. The third-order valence-corrected chi connectivity index (χ3v) is 4.27. The van der Waals surface area contributed by atoms with Crippen LogP contribution in [0.4, 0.5) is 79.0 Å². The molecule has 1 rings (SSSR count). The molecule has 206 valence electrons. The molecule has 0 aliphatic carbocycles. The quantitative estimate of drug-likeness (QED) is 0.214. The number of hydrogen-bond donors (Lipinski definition) is 0. The van der Waals surface area contributed by atoms with Gasteiger partial charge in [-0.3, -0.25) is 0 Å². The molecule has 1 unspecified atom stereocenters. The van der Waals surface area contributed by atoms with Crippen molar-refractivity contribution in [1.82, 2.24) is 0 Å². The third-order valence-electron chi connectivity index (χ3n) is 4.27. The van der Waals surface area contributed by atoms with Crippen LogP contribution in [-0.2, 0) is 0 Å². The summed E-state index contributed by atoms with van der Waals surface area (Å²) in [6.07, 6.45) is -13.4. The summed E-state index contributed by atoms with van der Waals surface area (Å²) < 4.78 is 237. The van der Waals surface area contributed by atoms with E-state index >= 15 is 0 Å². The minimum Gasteiger partial charge on any atom is -1.00 e. The van der Waals surface area contributed by atoms with Gasteiger partial charge in [0.1, 0.15) is 6.42 Å². The number of rotatable bonds is 9. The van der Waals surface area contributed by atoms with Crippen LogP contribution >= 0.6 is 0 Å². The van der Waals surface area contributed by atoms with Crippen molar-refractivity contribution in [2.24, 2.45) is 0 Å². The van der Waals surface area contributed by atoms with Gasteiger partial charge in [0.25, 0.3) is 0 Å². The monoisotopic (exact) mass is 671 g/mol. The highest BCUT2D eigenvalue weighted by molar-refractivity contribution is 5.15. The average molecular weight is 671 g/mol. The van der Waals surface area contributed by atoms with E-state index in [4.69, 9.17) is 0 Å². The van der Waals surface area contributed by atoms with Crippen molar-refractivity contribution in [2.75, 3.05) is 0 Å². The summed E-state index contributed by atoms with van der Waals surface area (Å²) in [6, 6.07) is 2.80. The van der Waals surface area contributed by atoms with Crippen LogP contribution < -0.4 is 28.5 Å². The Bertz CT molecular complexity index is 849. The zero-order chi connectivity index (χ0) is 27.4. The molecule has 1 heterocycles. The van der Waals surface area contributed by atoms with E-state index in [2.05, 4.69) is 0 Å². The van der Waals surface area contributed by atoms with E-state index in [0.717, 1.165) is 18.2 Å². The first-order valence-corrected chi connectivity index (χ1v) is 8.05. The van der Waals surface area contributed by atoms with E-state index in [1.165, 1.54) is 0 Å². The van der Waals surface area contributed by atoms with Crippen molar-refractivity contribution in [1.29, 1.82) is 0 Å². The van der Waals surface area contributed by atoms with Gasteiger partial charge in [-0.25, -0.2) is 0 Å². The highest BCUT2D eigenvalue weighted by Crippen LogP contribution is 2.64. The van der Waals surface area contributed by atoms with Crippen LogP contribution in [0.25, 0.3) is 0 Å². The second-order valence-corrected chi connectivity index (χ2v) is 6.61. The van der Waals surface area contributed by atoms with Crippen molar-refractivity contribution in [3.8, 4) is 0 Å². The van der Waals surface area contributed by atoms with Gasteiger partial charge in [0.05, 0.1) is 0 Å². The van der Waals surface area contributed by atoms with Gasteiger partial charge in [0.15, 0.2) is 12.4 Å². The molecule has 1 nitrogen and oxygen atoms in total. The molecule has 0 N–H and O–H groups in total. The summed E-state index contributed by atoms with van der Waals surface area (Å²) in [7, 11) is 0. The Hall–Kier alpha value is -1.38. The minimum absolute atomic E-state index is 0. The Morgan fingerprint density at radius 2 is 0.800 bits per heavy atom. The van der Waals surface area contributed by atoms with Crippen molar-refractivity contribution in [3.05, 3.63) is 30.6 Å². The highest BCUT2D eigenvalue weighted by atomic mass is 127. The molecule has 0 amide bonds. The lowest BCUT2D eigenvalue weighted by Crippen LogP contribution is -3.00. The lowest BCUT2D eigenvalue weighted by atomic mass is 9.88. The molecule has 20 heteroatoms. The zero-order valence-corrected chi connectivity index (χ0v) is 18.0. The largest absolute Gasteiger partial charge is 1.00 e. The van der Waals surface area contributed by atoms with Gasteiger partial charge in [-0.2, -0.15) is 83.6 Å². The SMILES string of the molecule is FC(CC(F)(F)C(F)(F)C(F)(F)C(F)(F)C(F)(F)C(F)(F)C(F)(F)C(F)(F)F)[n+]1ccccc1.[I-]. The average Bonchev–Trinajstić information content (AvgIpc) is 2.66. The topological polar surface area (TPSA) is 3.88 Å². The Kier molecular flexibility index (Phi) is 9.12. The Morgan fingerprint density at radius 1 is 0.486 bits per heavy atom. The first-order chi connectivity index (χ1) is 14.7. The van der Waals surface area contributed by atoms with Gasteiger partial charge in [-0.1, -0.05) is 6.07 Å². The second kappa shape index (κ2) is 9.49. The standard InChI is InChI=1S/C15H8F18N.HI/c16-7(34-4-2-1-3-5-34)6-8(17,18)9(19,20)10(21,22)11(23,24)12(25,26)13(27,28)14(29,30)15(31,32)33;/h1-5,7H,6H2;1H/q+1;/p-1. The Morgan fingerprint density at radius 3 is 1.14 bits per heavy atom. The Labute approximate surface area is 199 Å². The Balaban J connectivity index is 0.0000116. The molecular formula is C15H8F18IN. The maximum Gasteiger partial charge on any atom is 0.460 e. The normalized spacial score (nSPS) is 16.1. The van der Waals surface area contributed by atoms with Crippen LogP contribution in [0.3, 0.4) is 0 Å². The zero-order valence-electron chi connectivity index (χ0n) is 15.8. The first kappa shape index (κ1) is 33.6. The fourth-order valence-corrected chi connectivity index (χ4v) is 2.24. The van der Waals surface area contributed by atoms with E-state index in [9.17, 15) is 79.0 Å². The van der Waals surface area contributed by atoms with Crippen LogP contribution in [0.15, 0.2) is 30.6 Å². The van der Waals surface area contributed by atoms with Crippen molar-refractivity contribution < 1.29 is 108 Å². The molecular weight excluding hydrogens is 663 g/mol. The van der Waals surface area contributed by atoms with E-state index in [1.54, 1.807) is 0 Å². The van der Waals surface area contributed by atoms with Gasteiger partial charge in [-0.15, -0.1) is 0 Å². The van der Waals surface area contributed by atoms with Crippen LogP contribution in [0, 0.1) is 0 Å². The van der Waals surface area contributed by atoms with Gasteiger partial charge >= 0.3 is 53.9 Å². The molecule has 1 aromatic rings. The fourth-order valence-electron chi connectivity index (χ4n) is 2.24. The number of aromatic nitrogens is 1. The fraction of sp³-hybridized carbons (Fsp3) is 0.667. The van der Waals surface area contributed by atoms with Gasteiger partial charge in [0.2, 0.25) is 0 Å². The molecule has 1 atom stereocenters. The molecule has 0 saturated carbocycles. The summed E-state index contributed by atoms with van der Waals surface area (Å²) in [4.78, 5) is 0. The van der Waals surface area contributed by atoms with Crippen LogP contribution in [-0.4, -0.2) is 47.6 Å². The molecule has 0 fully saturated rings. The predicted octanol–water partition coefficient (Wildman–Crippen LogP) is 3.85. The molecule has 0 aliphatic heterocycles. The summed E-state index contributed by atoms with van der Waals surface area (Å²) in [6.45, 7) is 0. The van der Waals surface area contributed by atoms with Crippen molar-refractivity contribution in [3.63, 3.8) is 0 Å². The van der Waals surface area contributed by atoms with Crippen molar-refractivity contribution in [2.45, 2.75) is 60.4 Å². The summed E-state index contributed by atoms with van der Waals surface area (Å²) in [5.41, 5.74) is 0. The van der Waals surface area contributed by atoms with Crippen LogP contribution in [0.1, 0.15) is 12.7 Å². The second-order valence-electron chi connectivity index (χ2n) is 6.61. The summed E-state index contributed by atoms with van der Waals surface area (Å²) >= 11 is 0. The van der Waals surface area contributed by atoms with Gasteiger partial charge in [0, 0.05) is 12.1 Å². The molecule has 1 aromatic heterocycles. The van der Waals surface area contributed by atoms with Gasteiger partial charge in [-0.05, 0) is 0 Å². The predicted molar refractivity (Wildman–Crippen MR) is 72.1 cm³/mol. The van der Waals surface area contributed by atoms with Crippen molar-refractivity contribution >= 4 is 0 Å². The lowest BCUT2D eigenvalue weighted by molar-refractivity contribution is -0.751. The van der Waals surface area contributed by atoms with E-state index in [0.29, 0.717) is 12.4 Å².